The average Bonchev–Trinajstić information content (AvgIpc) is 2.75. The number of hydrogen-bond donors (Lipinski definition) is 1. The Morgan fingerprint density at radius 1 is 1.24 bits per heavy atom. The van der Waals surface area contributed by atoms with Crippen LogP contribution in [0.4, 0.5) is 0 Å². The van der Waals surface area contributed by atoms with Crippen LogP contribution in [0.5, 0.6) is 0 Å². The molecule has 1 aromatic carbocycles. The van der Waals surface area contributed by atoms with Crippen molar-refractivity contribution in [3.63, 3.8) is 0 Å². The molecule has 88 valence electrons. The molecule has 0 saturated carbocycles. The number of rotatable bonds is 0. The van der Waals surface area contributed by atoms with Crippen molar-refractivity contribution in [1.82, 2.24) is 0 Å². The molecule has 3 heteroatoms. The first-order valence-corrected chi connectivity index (χ1v) is 7.37. The van der Waals surface area contributed by atoms with Gasteiger partial charge in [-0.2, -0.15) is 0 Å². The zero-order valence-electron chi connectivity index (χ0n) is 9.81. The molecule has 1 aliphatic heterocycles. The summed E-state index contributed by atoms with van der Waals surface area (Å²) in [7, 11) is 0. The molecule has 0 spiro atoms. The summed E-state index contributed by atoms with van der Waals surface area (Å²) in [4.78, 5) is 1.27. The lowest BCUT2D eigenvalue weighted by atomic mass is 9.81. The van der Waals surface area contributed by atoms with Crippen LogP contribution in [0.15, 0.2) is 44.8 Å². The fourth-order valence-electron chi connectivity index (χ4n) is 2.32. The van der Waals surface area contributed by atoms with Crippen LogP contribution in [0.1, 0.15) is 30.9 Å². The lowest BCUT2D eigenvalue weighted by Gasteiger charge is -2.29. The summed E-state index contributed by atoms with van der Waals surface area (Å²) in [5, 5.41) is 12.9. The lowest BCUT2D eigenvalue weighted by Crippen LogP contribution is -2.27. The van der Waals surface area contributed by atoms with Crippen molar-refractivity contribution in [3.05, 3.63) is 46.8 Å². The quantitative estimate of drug-likeness (QED) is 0.767. The Morgan fingerprint density at radius 3 is 2.82 bits per heavy atom. The van der Waals surface area contributed by atoms with Crippen LogP contribution in [0.3, 0.4) is 0 Å². The van der Waals surface area contributed by atoms with E-state index in [0.29, 0.717) is 0 Å². The second-order valence-corrected chi connectivity index (χ2v) is 6.86. The van der Waals surface area contributed by atoms with Crippen molar-refractivity contribution in [2.45, 2.75) is 34.5 Å². The first kappa shape index (κ1) is 11.3. The van der Waals surface area contributed by atoms with Crippen LogP contribution < -0.4 is 0 Å². The Hall–Kier alpha value is -0.770. The zero-order valence-corrected chi connectivity index (χ0v) is 11.4. The summed E-state index contributed by atoms with van der Waals surface area (Å²) in [6.07, 6.45) is 0. The van der Waals surface area contributed by atoms with E-state index in [-0.39, 0.29) is 5.92 Å². The zero-order chi connectivity index (χ0) is 12.0. The fourth-order valence-corrected chi connectivity index (χ4v) is 4.77. The van der Waals surface area contributed by atoms with Gasteiger partial charge in [0.15, 0.2) is 0 Å². The van der Waals surface area contributed by atoms with Crippen molar-refractivity contribution in [3.8, 4) is 0 Å². The number of fused-ring (bicyclic) bond motifs is 2. The predicted octanol–water partition coefficient (Wildman–Crippen LogP) is 4.22. The summed E-state index contributed by atoms with van der Waals surface area (Å²) >= 11 is 3.48. The van der Waals surface area contributed by atoms with Crippen molar-refractivity contribution in [1.29, 1.82) is 0 Å². The number of aliphatic hydroxyl groups is 1. The minimum atomic E-state index is -0.783. The second kappa shape index (κ2) is 3.87. The normalized spacial score (nSPS) is 27.1. The van der Waals surface area contributed by atoms with Gasteiger partial charge in [0.25, 0.3) is 0 Å². The Balaban J connectivity index is 2.26. The number of thiophene rings is 1. The third kappa shape index (κ3) is 1.65. The van der Waals surface area contributed by atoms with Gasteiger partial charge >= 0.3 is 0 Å². The molecule has 1 aromatic heterocycles. The maximum Gasteiger partial charge on any atom is 0.0953 e. The number of hydrogen-bond acceptors (Lipinski definition) is 3. The van der Waals surface area contributed by atoms with E-state index >= 15 is 0 Å². The molecule has 0 aliphatic carbocycles. The van der Waals surface area contributed by atoms with Crippen LogP contribution in [0.25, 0.3) is 0 Å². The summed E-state index contributed by atoms with van der Waals surface area (Å²) in [6.45, 7) is 4.03. The first-order chi connectivity index (χ1) is 8.10. The van der Waals surface area contributed by atoms with Gasteiger partial charge < -0.3 is 5.11 Å². The molecule has 0 fully saturated rings. The fraction of sp³-hybridized carbons (Fsp3) is 0.286. The van der Waals surface area contributed by atoms with E-state index in [4.69, 9.17) is 0 Å². The smallest absolute Gasteiger partial charge is 0.0953 e. The highest BCUT2D eigenvalue weighted by Crippen LogP contribution is 2.50. The Bertz CT molecular complexity index is 557. The van der Waals surface area contributed by atoms with Gasteiger partial charge in [-0.15, -0.1) is 11.3 Å². The standard InChI is InChI=1S/C14H14OS2/c1-9-10-5-3-4-6-12(10)17-13-11(7-8-16-13)14(9,2)15/h3-9,15H,1-2H3. The summed E-state index contributed by atoms with van der Waals surface area (Å²) in [5.41, 5.74) is 1.52. The van der Waals surface area contributed by atoms with Gasteiger partial charge in [0.1, 0.15) is 0 Å². The van der Waals surface area contributed by atoms with E-state index in [1.165, 1.54) is 14.7 Å². The Morgan fingerprint density at radius 2 is 2.00 bits per heavy atom. The highest BCUT2D eigenvalue weighted by atomic mass is 32.2. The Labute approximate surface area is 110 Å². The molecule has 17 heavy (non-hydrogen) atoms. The SMILES string of the molecule is CC1c2ccccc2Sc2sccc2C1(C)O. The van der Waals surface area contributed by atoms with Crippen LogP contribution in [0.2, 0.25) is 0 Å². The van der Waals surface area contributed by atoms with Crippen LogP contribution in [-0.2, 0) is 5.60 Å². The minimum absolute atomic E-state index is 0.113. The van der Waals surface area contributed by atoms with E-state index in [0.717, 1.165) is 5.56 Å². The molecule has 3 rings (SSSR count). The van der Waals surface area contributed by atoms with Crippen molar-refractivity contribution >= 4 is 23.1 Å². The summed E-state index contributed by atoms with van der Waals surface area (Å²) in [5.74, 6) is 0.113. The molecule has 0 saturated heterocycles. The molecule has 0 radical (unpaired) electrons. The van der Waals surface area contributed by atoms with Crippen molar-refractivity contribution in [2.24, 2.45) is 0 Å². The van der Waals surface area contributed by atoms with E-state index in [2.05, 4.69) is 36.6 Å². The van der Waals surface area contributed by atoms with E-state index in [1.54, 1.807) is 23.1 Å². The number of benzene rings is 1. The largest absolute Gasteiger partial charge is 0.385 e. The molecule has 0 bridgehead atoms. The van der Waals surface area contributed by atoms with Gasteiger partial charge in [-0.1, -0.05) is 36.9 Å². The molecule has 2 aromatic rings. The summed E-state index contributed by atoms with van der Waals surface area (Å²) in [6, 6.07) is 10.4. The molecule has 2 heterocycles. The summed E-state index contributed by atoms with van der Waals surface area (Å²) < 4.78 is 1.21. The molecular formula is C14H14OS2. The third-order valence-electron chi connectivity index (χ3n) is 3.61. The molecule has 1 nitrogen and oxygen atoms in total. The Kier molecular flexibility index (Phi) is 2.58. The molecule has 1 N–H and O–H groups in total. The van der Waals surface area contributed by atoms with Crippen molar-refractivity contribution in [2.75, 3.05) is 0 Å². The van der Waals surface area contributed by atoms with Crippen LogP contribution >= 0.6 is 23.1 Å². The minimum Gasteiger partial charge on any atom is -0.385 e. The van der Waals surface area contributed by atoms with Gasteiger partial charge in [-0.05, 0) is 30.0 Å². The van der Waals surface area contributed by atoms with E-state index < -0.39 is 5.60 Å². The van der Waals surface area contributed by atoms with Crippen LogP contribution in [0, 0.1) is 0 Å². The predicted molar refractivity (Wildman–Crippen MR) is 72.9 cm³/mol. The van der Waals surface area contributed by atoms with E-state index in [9.17, 15) is 5.11 Å². The molecule has 2 atom stereocenters. The van der Waals surface area contributed by atoms with Gasteiger partial charge in [0.2, 0.25) is 0 Å². The molecule has 1 aliphatic rings. The monoisotopic (exact) mass is 262 g/mol. The third-order valence-corrected chi connectivity index (χ3v) is 5.85. The maximum atomic E-state index is 10.8. The topological polar surface area (TPSA) is 20.2 Å². The highest BCUT2D eigenvalue weighted by molar-refractivity contribution is 8.01. The van der Waals surface area contributed by atoms with E-state index in [1.807, 2.05) is 13.0 Å². The van der Waals surface area contributed by atoms with Gasteiger partial charge in [0.05, 0.1) is 9.81 Å². The second-order valence-electron chi connectivity index (χ2n) is 4.63. The average molecular weight is 262 g/mol. The maximum absolute atomic E-state index is 10.8. The molecule has 2 unspecified atom stereocenters. The van der Waals surface area contributed by atoms with Crippen molar-refractivity contribution < 1.29 is 5.11 Å². The first-order valence-electron chi connectivity index (χ1n) is 5.68. The van der Waals surface area contributed by atoms with Gasteiger partial charge in [-0.3, -0.25) is 0 Å². The van der Waals surface area contributed by atoms with Gasteiger partial charge in [0, 0.05) is 16.4 Å². The molecular weight excluding hydrogens is 248 g/mol. The highest BCUT2D eigenvalue weighted by Gasteiger charge is 2.37. The lowest BCUT2D eigenvalue weighted by molar-refractivity contribution is 0.0303. The molecule has 0 amide bonds. The van der Waals surface area contributed by atoms with Gasteiger partial charge in [-0.25, -0.2) is 0 Å². The van der Waals surface area contributed by atoms with Crippen LogP contribution in [-0.4, -0.2) is 5.11 Å².